The highest BCUT2D eigenvalue weighted by Crippen LogP contribution is 2.42. The molecule has 40 heavy (non-hydrogen) atoms. The predicted molar refractivity (Wildman–Crippen MR) is 158 cm³/mol. The van der Waals surface area contributed by atoms with Crippen molar-refractivity contribution in [1.82, 2.24) is 0 Å². The third kappa shape index (κ3) is 6.08. The number of benzene rings is 4. The lowest BCUT2D eigenvalue weighted by Crippen LogP contribution is -2.59. The molecule has 0 aliphatic carbocycles. The number of ether oxygens (including phenoxy) is 3. The molecule has 5 rings (SSSR count). The van der Waals surface area contributed by atoms with Crippen LogP contribution >= 0.6 is 11.8 Å². The third-order valence-electron chi connectivity index (χ3n) is 7.05. The van der Waals surface area contributed by atoms with E-state index in [1.54, 1.807) is 6.08 Å². The van der Waals surface area contributed by atoms with Crippen LogP contribution in [0, 0.1) is 0 Å². The average Bonchev–Trinajstić information content (AvgIpc) is 3.01. The van der Waals surface area contributed by atoms with E-state index in [1.165, 1.54) is 11.8 Å². The molecule has 5 nitrogen and oxygen atoms in total. The maximum absolute atomic E-state index is 11.4. The molecular weight excluding hydrogens is 520 g/mol. The Bertz CT molecular complexity index is 1220. The van der Waals surface area contributed by atoms with E-state index in [9.17, 15) is 10.2 Å². The number of rotatable bonds is 11. The average molecular weight is 555 g/mol. The highest BCUT2D eigenvalue weighted by molar-refractivity contribution is 7.99. The Morgan fingerprint density at radius 1 is 0.725 bits per heavy atom. The Morgan fingerprint density at radius 2 is 1.20 bits per heavy atom. The first kappa shape index (κ1) is 28.3. The van der Waals surface area contributed by atoms with E-state index in [0.29, 0.717) is 0 Å². The summed E-state index contributed by atoms with van der Waals surface area (Å²) in [7, 11) is 0. The highest BCUT2D eigenvalue weighted by Gasteiger charge is 2.47. The van der Waals surface area contributed by atoms with Gasteiger partial charge >= 0.3 is 0 Å². The lowest BCUT2D eigenvalue weighted by atomic mass is 9.80. The minimum Gasteiger partial charge on any atom is -0.387 e. The van der Waals surface area contributed by atoms with Crippen molar-refractivity contribution in [2.75, 3.05) is 13.2 Å². The van der Waals surface area contributed by atoms with Crippen LogP contribution in [0.1, 0.15) is 16.7 Å². The Morgan fingerprint density at radius 3 is 1.68 bits per heavy atom. The van der Waals surface area contributed by atoms with Crippen LogP contribution in [0.5, 0.6) is 0 Å². The second kappa shape index (κ2) is 13.4. The summed E-state index contributed by atoms with van der Waals surface area (Å²) >= 11 is 1.39. The van der Waals surface area contributed by atoms with Crippen LogP contribution in [0.4, 0.5) is 0 Å². The fourth-order valence-electron chi connectivity index (χ4n) is 5.12. The van der Waals surface area contributed by atoms with Crippen molar-refractivity contribution < 1.29 is 24.4 Å². The van der Waals surface area contributed by atoms with Crippen molar-refractivity contribution in [2.45, 2.75) is 40.3 Å². The van der Waals surface area contributed by atoms with Crippen LogP contribution in [0.25, 0.3) is 0 Å². The van der Waals surface area contributed by atoms with Crippen molar-refractivity contribution in [3.8, 4) is 0 Å². The van der Waals surface area contributed by atoms with E-state index in [1.807, 2.05) is 121 Å². The van der Waals surface area contributed by atoms with Gasteiger partial charge in [-0.25, -0.2) is 0 Å². The lowest BCUT2D eigenvalue weighted by Gasteiger charge is -2.44. The zero-order valence-corrected chi connectivity index (χ0v) is 23.0. The standard InChI is InChI=1S/C34H34O5S/c1-2-23-37-32-30(35)29(39-33(31(32)36)40-28-21-13-6-14-22-28)24-38-34(25-15-7-3-8-16-25,26-17-9-4-10-18-26)27-19-11-5-12-20-27/h2-22,29-33,35-36H,1,23-24H2/t29-,30-,31+,32+,33-/m1/s1. The topological polar surface area (TPSA) is 68.2 Å². The van der Waals surface area contributed by atoms with Crippen molar-refractivity contribution in [1.29, 1.82) is 0 Å². The van der Waals surface area contributed by atoms with Crippen molar-refractivity contribution >= 4 is 11.8 Å². The SMILES string of the molecule is C=CCO[C@@H]1[C@H](O)[C@@H](Sc2ccccc2)O[C@H](COC(c2ccccc2)(c2ccccc2)c2ccccc2)[C@H]1O. The molecule has 0 saturated carbocycles. The highest BCUT2D eigenvalue weighted by atomic mass is 32.2. The minimum atomic E-state index is -1.12. The number of thioether (sulfide) groups is 1. The molecule has 0 aromatic heterocycles. The molecule has 0 spiro atoms. The van der Waals surface area contributed by atoms with Crippen molar-refractivity contribution in [3.05, 3.63) is 151 Å². The summed E-state index contributed by atoms with van der Waals surface area (Å²) < 4.78 is 19.2. The molecule has 1 saturated heterocycles. The fourth-order valence-corrected chi connectivity index (χ4v) is 6.20. The summed E-state index contributed by atoms with van der Waals surface area (Å²) in [6.45, 7) is 3.96. The Hall–Kier alpha value is -3.23. The van der Waals surface area contributed by atoms with Gasteiger partial charge in [0.25, 0.3) is 0 Å². The zero-order chi connectivity index (χ0) is 27.8. The van der Waals surface area contributed by atoms with E-state index >= 15 is 0 Å². The summed E-state index contributed by atoms with van der Waals surface area (Å²) in [6.07, 6.45) is -2.22. The van der Waals surface area contributed by atoms with Gasteiger partial charge in [0, 0.05) is 4.90 Å². The van der Waals surface area contributed by atoms with Crippen molar-refractivity contribution in [2.24, 2.45) is 0 Å². The van der Waals surface area contributed by atoms with E-state index in [2.05, 4.69) is 6.58 Å². The van der Waals surface area contributed by atoms with E-state index in [-0.39, 0.29) is 13.2 Å². The first-order valence-electron chi connectivity index (χ1n) is 13.4. The molecule has 0 bridgehead atoms. The summed E-state index contributed by atoms with van der Waals surface area (Å²) in [6, 6.07) is 39.9. The smallest absolute Gasteiger partial charge is 0.143 e. The van der Waals surface area contributed by atoms with Gasteiger partial charge in [-0.3, -0.25) is 0 Å². The van der Waals surface area contributed by atoms with Gasteiger partial charge in [0.1, 0.15) is 35.5 Å². The number of aliphatic hydroxyl groups is 2. The summed E-state index contributed by atoms with van der Waals surface area (Å²) in [5.41, 5.74) is 1.21. The minimum absolute atomic E-state index is 0.0480. The predicted octanol–water partition coefficient (Wildman–Crippen LogP) is 5.81. The molecule has 1 heterocycles. The van der Waals surface area contributed by atoms with Gasteiger partial charge in [-0.2, -0.15) is 0 Å². The molecule has 1 aliphatic heterocycles. The van der Waals surface area contributed by atoms with Crippen LogP contribution in [0.2, 0.25) is 0 Å². The molecule has 2 N–H and O–H groups in total. The lowest BCUT2D eigenvalue weighted by molar-refractivity contribution is -0.226. The van der Waals surface area contributed by atoms with E-state index in [4.69, 9.17) is 14.2 Å². The van der Waals surface area contributed by atoms with Gasteiger partial charge in [0.05, 0.1) is 13.2 Å². The first-order chi connectivity index (χ1) is 19.6. The second-order valence-corrected chi connectivity index (χ2v) is 10.8. The van der Waals surface area contributed by atoms with E-state index < -0.39 is 35.5 Å². The largest absolute Gasteiger partial charge is 0.387 e. The number of hydrogen-bond donors (Lipinski definition) is 2. The van der Waals surface area contributed by atoms with Gasteiger partial charge in [-0.15, -0.1) is 6.58 Å². The van der Waals surface area contributed by atoms with Crippen LogP contribution in [-0.2, 0) is 19.8 Å². The van der Waals surface area contributed by atoms with Crippen LogP contribution in [0.3, 0.4) is 0 Å². The first-order valence-corrected chi connectivity index (χ1v) is 14.3. The third-order valence-corrected chi connectivity index (χ3v) is 8.22. The van der Waals surface area contributed by atoms with Crippen molar-refractivity contribution in [3.63, 3.8) is 0 Å². The molecule has 1 fully saturated rings. The van der Waals surface area contributed by atoms with Gasteiger partial charge in [0.15, 0.2) is 0 Å². The molecule has 4 aromatic carbocycles. The van der Waals surface area contributed by atoms with Gasteiger partial charge < -0.3 is 24.4 Å². The Balaban J connectivity index is 1.51. The molecule has 4 aromatic rings. The zero-order valence-electron chi connectivity index (χ0n) is 22.2. The summed E-state index contributed by atoms with van der Waals surface area (Å²) in [4.78, 5) is 0.942. The molecule has 5 atom stereocenters. The number of aliphatic hydroxyl groups excluding tert-OH is 2. The molecule has 0 unspecified atom stereocenters. The monoisotopic (exact) mass is 554 g/mol. The molecule has 6 heteroatoms. The Labute approximate surface area is 240 Å². The van der Waals surface area contributed by atoms with Crippen LogP contribution < -0.4 is 0 Å². The maximum Gasteiger partial charge on any atom is 0.143 e. The molecular formula is C34H34O5S. The molecule has 0 radical (unpaired) electrons. The van der Waals surface area contributed by atoms with Gasteiger partial charge in [-0.1, -0.05) is 127 Å². The summed E-state index contributed by atoms with van der Waals surface area (Å²) in [5, 5.41) is 22.5. The van der Waals surface area contributed by atoms with Crippen LogP contribution in [0.15, 0.2) is 139 Å². The quantitative estimate of drug-likeness (QED) is 0.180. The normalized spacial score (nSPS) is 23.0. The second-order valence-electron chi connectivity index (χ2n) is 9.63. The molecule has 206 valence electrons. The molecule has 0 amide bonds. The molecule has 1 aliphatic rings. The van der Waals surface area contributed by atoms with Gasteiger partial charge in [0.2, 0.25) is 0 Å². The van der Waals surface area contributed by atoms with Crippen LogP contribution in [-0.4, -0.2) is 53.3 Å². The Kier molecular flexibility index (Phi) is 9.49. The maximum atomic E-state index is 11.4. The fraction of sp³-hybridized carbons (Fsp3) is 0.235. The van der Waals surface area contributed by atoms with E-state index in [0.717, 1.165) is 21.6 Å². The summed E-state index contributed by atoms with van der Waals surface area (Å²) in [5.74, 6) is 0. The number of hydrogen-bond acceptors (Lipinski definition) is 6. The van der Waals surface area contributed by atoms with Gasteiger partial charge in [-0.05, 0) is 28.8 Å².